The Morgan fingerprint density at radius 2 is 1.80 bits per heavy atom. The molecule has 5 rings (SSSR count). The van der Waals surface area contributed by atoms with Gasteiger partial charge in [-0.2, -0.15) is 4.99 Å². The number of anilines is 1. The normalized spacial score (nSPS) is 15.2. The second-order valence-corrected chi connectivity index (χ2v) is 11.4. The van der Waals surface area contributed by atoms with Crippen molar-refractivity contribution in [1.82, 2.24) is 14.8 Å². The van der Waals surface area contributed by atoms with E-state index in [1.54, 1.807) is 24.3 Å². The van der Waals surface area contributed by atoms with Gasteiger partial charge in [0.2, 0.25) is 5.91 Å². The fourth-order valence-electron chi connectivity index (χ4n) is 4.39. The summed E-state index contributed by atoms with van der Waals surface area (Å²) in [5.41, 5.74) is 2.60. The third-order valence-electron chi connectivity index (χ3n) is 6.52. The maximum Gasteiger partial charge on any atom is 0.573 e. The van der Waals surface area contributed by atoms with E-state index in [0.29, 0.717) is 27.8 Å². The van der Waals surface area contributed by atoms with Gasteiger partial charge in [-0.1, -0.05) is 67.5 Å². The van der Waals surface area contributed by atoms with Crippen LogP contribution in [0.25, 0.3) is 17.1 Å². The molecule has 0 radical (unpaired) electrons. The van der Waals surface area contributed by atoms with E-state index >= 15 is 0 Å². The van der Waals surface area contributed by atoms with Gasteiger partial charge < -0.3 is 9.47 Å². The van der Waals surface area contributed by atoms with Gasteiger partial charge in [-0.05, 0) is 53.4 Å². The third kappa shape index (κ3) is 7.81. The number of rotatable bonds is 8. The first kappa shape index (κ1) is 32.0. The van der Waals surface area contributed by atoms with Crippen molar-refractivity contribution >= 4 is 46.2 Å². The Labute approximate surface area is 263 Å². The minimum Gasteiger partial charge on any atom is -0.444 e. The number of ether oxygens (including phenoxy) is 2. The smallest absolute Gasteiger partial charge is 0.444 e. The second-order valence-electron chi connectivity index (χ2n) is 9.99. The molecule has 1 aliphatic rings. The number of benzene rings is 3. The van der Waals surface area contributed by atoms with Crippen molar-refractivity contribution in [1.29, 1.82) is 0 Å². The predicted molar refractivity (Wildman–Crippen MR) is 162 cm³/mol. The summed E-state index contributed by atoms with van der Waals surface area (Å²) in [4.78, 5) is 34.6. The maximum atomic E-state index is 15.0. The number of nitrogens with zero attached hydrogens (tertiary/aromatic N) is 5. The van der Waals surface area contributed by atoms with Crippen molar-refractivity contribution in [2.45, 2.75) is 32.3 Å². The molecule has 234 valence electrons. The molecular formula is C30H24ClF4N5O4S. The van der Waals surface area contributed by atoms with Crippen LogP contribution in [0, 0.1) is 0 Å². The molecule has 0 bridgehead atoms. The second kappa shape index (κ2) is 13.3. The molecule has 1 unspecified atom stereocenters. The Morgan fingerprint density at radius 3 is 2.47 bits per heavy atom. The average Bonchev–Trinajstić information content (AvgIpc) is 3.62. The number of alkyl halides is 4. The lowest BCUT2D eigenvalue weighted by molar-refractivity contribution is -0.274. The van der Waals surface area contributed by atoms with Gasteiger partial charge in [0.05, 0.1) is 17.1 Å². The van der Waals surface area contributed by atoms with Gasteiger partial charge in [0, 0.05) is 10.6 Å². The molecule has 0 saturated carbocycles. The molecule has 9 nitrogen and oxygen atoms in total. The van der Waals surface area contributed by atoms with Crippen molar-refractivity contribution in [2.24, 2.45) is 4.99 Å². The van der Waals surface area contributed by atoms with Crippen LogP contribution >= 0.6 is 23.4 Å². The molecular weight excluding hydrogens is 638 g/mol. The molecule has 0 aliphatic carbocycles. The molecule has 1 aromatic heterocycles. The summed E-state index contributed by atoms with van der Waals surface area (Å²) < 4.78 is 62.4. The van der Waals surface area contributed by atoms with E-state index in [0.717, 1.165) is 29.5 Å². The van der Waals surface area contributed by atoms with Gasteiger partial charge in [-0.15, -0.1) is 18.3 Å². The Hall–Kier alpha value is -4.43. The summed E-state index contributed by atoms with van der Waals surface area (Å²) >= 11 is 7.25. The standard InChI is InChI=1S/C30H24ClF4N5O4S/c1-17(2)23-12-7-20(31)13-25(23)40-26(41)15-45-28(40)37-29(42)43-14-24(32)18-3-5-19(6-4-18)27-36-16-39(38-27)21-8-10-22(11-9-21)44-30(33,34)35/h3-13,16-17,24H,14-15H2,1-2H3. The summed E-state index contributed by atoms with van der Waals surface area (Å²) in [7, 11) is 0. The maximum absolute atomic E-state index is 15.0. The van der Waals surface area contributed by atoms with Gasteiger partial charge in [0.15, 0.2) is 17.2 Å². The topological polar surface area (TPSA) is 98.9 Å². The van der Waals surface area contributed by atoms with Crippen molar-refractivity contribution in [3.05, 3.63) is 89.2 Å². The number of halogens is 5. The van der Waals surface area contributed by atoms with Crippen LogP contribution < -0.4 is 9.64 Å². The van der Waals surface area contributed by atoms with E-state index in [1.165, 1.54) is 40.2 Å². The highest BCUT2D eigenvalue weighted by Gasteiger charge is 2.33. The molecule has 0 spiro atoms. The summed E-state index contributed by atoms with van der Waals surface area (Å²) in [6, 6.07) is 16.4. The van der Waals surface area contributed by atoms with Crippen LogP contribution in [0.15, 0.2) is 78.0 Å². The predicted octanol–water partition coefficient (Wildman–Crippen LogP) is 7.89. The molecule has 15 heteroatoms. The van der Waals surface area contributed by atoms with Crippen LogP contribution in [0.4, 0.5) is 28.0 Å². The van der Waals surface area contributed by atoms with Crippen LogP contribution in [-0.2, 0) is 9.53 Å². The highest BCUT2D eigenvalue weighted by molar-refractivity contribution is 8.15. The molecule has 45 heavy (non-hydrogen) atoms. The van der Waals surface area contributed by atoms with Crippen molar-refractivity contribution in [3.63, 3.8) is 0 Å². The number of amides is 2. The van der Waals surface area contributed by atoms with Crippen LogP contribution in [-0.4, -0.2) is 50.7 Å². The largest absolute Gasteiger partial charge is 0.573 e. The first-order chi connectivity index (χ1) is 21.4. The van der Waals surface area contributed by atoms with Crippen molar-refractivity contribution in [2.75, 3.05) is 17.3 Å². The first-order valence-electron chi connectivity index (χ1n) is 13.4. The van der Waals surface area contributed by atoms with Gasteiger partial charge in [-0.3, -0.25) is 9.69 Å². The minimum atomic E-state index is -4.79. The number of thioether (sulfide) groups is 1. The summed E-state index contributed by atoms with van der Waals surface area (Å²) in [6.45, 7) is 3.32. The highest BCUT2D eigenvalue weighted by Crippen LogP contribution is 2.35. The van der Waals surface area contributed by atoms with Gasteiger partial charge in [-0.25, -0.2) is 18.9 Å². The van der Waals surface area contributed by atoms with Gasteiger partial charge >= 0.3 is 12.5 Å². The Morgan fingerprint density at radius 1 is 1.09 bits per heavy atom. The average molecular weight is 662 g/mol. The fraction of sp³-hybridized carbons (Fsp3) is 0.233. The third-order valence-corrected chi connectivity index (χ3v) is 7.68. The number of hydrogen-bond donors (Lipinski definition) is 0. The SMILES string of the molecule is CC(C)c1ccc(Cl)cc1N1C(=O)CSC1=NC(=O)OCC(F)c1ccc(-c2ncn(-c3ccc(OC(F)(F)F)cc3)n2)cc1. The molecule has 2 heterocycles. The molecule has 1 aliphatic heterocycles. The lowest BCUT2D eigenvalue weighted by Crippen LogP contribution is -2.31. The van der Waals surface area contributed by atoms with E-state index in [4.69, 9.17) is 16.3 Å². The Bertz CT molecular complexity index is 1730. The first-order valence-corrected chi connectivity index (χ1v) is 14.8. The summed E-state index contributed by atoms with van der Waals surface area (Å²) in [5, 5.41) is 4.86. The monoisotopic (exact) mass is 661 g/mol. The van der Waals surface area contributed by atoms with Crippen LogP contribution in [0.5, 0.6) is 5.75 Å². The number of amidine groups is 1. The van der Waals surface area contributed by atoms with E-state index in [2.05, 4.69) is 19.8 Å². The molecule has 2 amide bonds. The molecule has 1 atom stereocenters. The number of aromatic nitrogens is 3. The van der Waals surface area contributed by atoms with Crippen LogP contribution in [0.2, 0.25) is 5.02 Å². The zero-order valence-electron chi connectivity index (χ0n) is 23.7. The molecule has 1 saturated heterocycles. The Kier molecular flexibility index (Phi) is 9.44. The minimum absolute atomic E-state index is 0.0662. The fourth-order valence-corrected chi connectivity index (χ4v) is 5.41. The van der Waals surface area contributed by atoms with Gasteiger partial charge in [0.25, 0.3) is 0 Å². The highest BCUT2D eigenvalue weighted by atomic mass is 35.5. The van der Waals surface area contributed by atoms with Crippen molar-refractivity contribution < 1.29 is 36.6 Å². The molecule has 0 N–H and O–H groups in total. The lowest BCUT2D eigenvalue weighted by Gasteiger charge is -2.21. The zero-order chi connectivity index (χ0) is 32.3. The van der Waals surface area contributed by atoms with E-state index < -0.39 is 25.2 Å². The Balaban J connectivity index is 1.20. The van der Waals surface area contributed by atoms with Crippen LogP contribution in [0.3, 0.4) is 0 Å². The number of carbonyl (C=O) groups excluding carboxylic acids is 2. The molecule has 1 fully saturated rings. The number of carbonyl (C=O) groups is 2. The molecule has 4 aromatic rings. The summed E-state index contributed by atoms with van der Waals surface area (Å²) in [6.07, 6.45) is -6.12. The van der Waals surface area contributed by atoms with Gasteiger partial charge in [0.1, 0.15) is 18.7 Å². The van der Waals surface area contributed by atoms with E-state index in [9.17, 15) is 27.2 Å². The van der Waals surface area contributed by atoms with Crippen molar-refractivity contribution in [3.8, 4) is 22.8 Å². The number of aliphatic imine (C=N–C) groups is 1. The lowest BCUT2D eigenvalue weighted by atomic mass is 10.0. The van der Waals surface area contributed by atoms with E-state index in [-0.39, 0.29) is 34.1 Å². The van der Waals surface area contributed by atoms with Crippen LogP contribution in [0.1, 0.15) is 37.1 Å². The number of hydrogen-bond acceptors (Lipinski definition) is 7. The van der Waals surface area contributed by atoms with E-state index in [1.807, 2.05) is 19.9 Å². The summed E-state index contributed by atoms with van der Waals surface area (Å²) in [5.74, 6) is -0.204. The molecule has 3 aromatic carbocycles. The quantitative estimate of drug-likeness (QED) is 0.177. The zero-order valence-corrected chi connectivity index (χ0v) is 25.2.